The van der Waals surface area contributed by atoms with E-state index in [9.17, 15) is 9.59 Å². The van der Waals surface area contributed by atoms with E-state index in [2.05, 4.69) is 15.9 Å². The summed E-state index contributed by atoms with van der Waals surface area (Å²) in [6.45, 7) is 1.69. The highest BCUT2D eigenvalue weighted by Crippen LogP contribution is 2.26. The van der Waals surface area contributed by atoms with Crippen LogP contribution in [0.2, 0.25) is 0 Å². The van der Waals surface area contributed by atoms with E-state index in [1.165, 1.54) is 0 Å². The lowest BCUT2D eigenvalue weighted by atomic mass is 9.94. The normalized spacial score (nSPS) is 14.3. The van der Waals surface area contributed by atoms with Crippen LogP contribution in [0.1, 0.15) is 28.8 Å². The van der Waals surface area contributed by atoms with Gasteiger partial charge in [-0.15, -0.1) is 0 Å². The average molecular weight is 475 g/mol. The van der Waals surface area contributed by atoms with Crippen LogP contribution in [-0.4, -0.2) is 56.0 Å². The van der Waals surface area contributed by atoms with Crippen molar-refractivity contribution in [3.8, 4) is 11.5 Å². The number of rotatable bonds is 6. The van der Waals surface area contributed by atoms with Gasteiger partial charge in [-0.05, 0) is 42.7 Å². The minimum atomic E-state index is -0.0682. The molecule has 30 heavy (non-hydrogen) atoms. The first kappa shape index (κ1) is 22.2. The van der Waals surface area contributed by atoms with Gasteiger partial charge in [-0.1, -0.05) is 28.1 Å². The lowest BCUT2D eigenvalue weighted by Crippen LogP contribution is -2.43. The smallest absolute Gasteiger partial charge is 0.254 e. The number of likely N-dealkylation sites (tertiary alicyclic amines) is 1. The fourth-order valence-electron chi connectivity index (χ4n) is 3.70. The van der Waals surface area contributed by atoms with Gasteiger partial charge in [0.25, 0.3) is 5.91 Å². The molecule has 0 unspecified atom stereocenters. The molecule has 0 aliphatic carbocycles. The average Bonchev–Trinajstić information content (AvgIpc) is 2.79. The molecule has 2 aromatic rings. The fraction of sp³-hybridized carbons (Fsp3) is 0.391. The van der Waals surface area contributed by atoms with Crippen LogP contribution in [0, 0.1) is 5.92 Å². The lowest BCUT2D eigenvalue weighted by molar-refractivity contribution is -0.136. The number of piperidine rings is 1. The SMILES string of the molecule is COc1cc(OC)cc(C(=O)N2CCC(C(=O)N(C)Cc3ccc(Br)cc3)CC2)c1. The Kier molecular flexibility index (Phi) is 7.37. The second-order valence-corrected chi connectivity index (χ2v) is 8.40. The number of methoxy groups -OCH3 is 2. The molecule has 0 bridgehead atoms. The zero-order valence-electron chi connectivity index (χ0n) is 17.6. The van der Waals surface area contributed by atoms with Crippen LogP contribution in [0.3, 0.4) is 0 Å². The quantitative estimate of drug-likeness (QED) is 0.635. The van der Waals surface area contributed by atoms with E-state index >= 15 is 0 Å². The highest BCUT2D eigenvalue weighted by Gasteiger charge is 2.29. The molecule has 3 rings (SSSR count). The Bertz CT molecular complexity index is 870. The Morgan fingerprint density at radius 2 is 1.60 bits per heavy atom. The lowest BCUT2D eigenvalue weighted by Gasteiger charge is -2.33. The van der Waals surface area contributed by atoms with Crippen LogP contribution < -0.4 is 9.47 Å². The van der Waals surface area contributed by atoms with Crippen LogP contribution in [-0.2, 0) is 11.3 Å². The Morgan fingerprint density at radius 3 is 2.13 bits per heavy atom. The summed E-state index contributed by atoms with van der Waals surface area (Å²) in [6.07, 6.45) is 1.33. The predicted octanol–water partition coefficient (Wildman–Crippen LogP) is 3.98. The summed E-state index contributed by atoms with van der Waals surface area (Å²) in [5, 5.41) is 0. The number of hydrogen-bond donors (Lipinski definition) is 0. The summed E-state index contributed by atoms with van der Waals surface area (Å²) < 4.78 is 11.5. The number of nitrogens with zero attached hydrogens (tertiary/aromatic N) is 2. The van der Waals surface area contributed by atoms with Gasteiger partial charge in [-0.25, -0.2) is 0 Å². The molecule has 1 aliphatic heterocycles. The fourth-order valence-corrected chi connectivity index (χ4v) is 3.96. The molecular formula is C23H27BrN2O4. The summed E-state index contributed by atoms with van der Waals surface area (Å²) in [4.78, 5) is 29.4. The van der Waals surface area contributed by atoms with Gasteiger partial charge >= 0.3 is 0 Å². The van der Waals surface area contributed by atoms with Crippen molar-refractivity contribution in [1.82, 2.24) is 9.80 Å². The first-order chi connectivity index (χ1) is 14.4. The molecule has 0 radical (unpaired) electrons. The van der Waals surface area contributed by atoms with Crippen LogP contribution in [0.25, 0.3) is 0 Å². The molecule has 0 saturated carbocycles. The molecule has 0 spiro atoms. The second kappa shape index (κ2) is 9.98. The van der Waals surface area contributed by atoms with E-state index in [1.54, 1.807) is 42.2 Å². The zero-order chi connectivity index (χ0) is 21.7. The van der Waals surface area contributed by atoms with E-state index in [0.717, 1.165) is 10.0 Å². The van der Waals surface area contributed by atoms with Gasteiger partial charge in [-0.2, -0.15) is 0 Å². The molecule has 1 saturated heterocycles. The summed E-state index contributed by atoms with van der Waals surface area (Å²) >= 11 is 3.43. The van der Waals surface area contributed by atoms with Crippen LogP contribution in [0.4, 0.5) is 0 Å². The van der Waals surface area contributed by atoms with Crippen LogP contribution >= 0.6 is 15.9 Å². The minimum absolute atomic E-state index is 0.0608. The Morgan fingerprint density at radius 1 is 1.03 bits per heavy atom. The third kappa shape index (κ3) is 5.33. The number of carbonyl (C=O) groups excluding carboxylic acids is 2. The topological polar surface area (TPSA) is 59.1 Å². The van der Waals surface area contributed by atoms with Gasteiger partial charge in [0, 0.05) is 48.7 Å². The maximum absolute atomic E-state index is 12.9. The van der Waals surface area contributed by atoms with Crippen LogP contribution in [0.5, 0.6) is 11.5 Å². The van der Waals surface area contributed by atoms with Crippen molar-refractivity contribution < 1.29 is 19.1 Å². The Labute approximate surface area is 185 Å². The molecule has 2 amide bonds. The number of amides is 2. The summed E-state index contributed by atoms with van der Waals surface area (Å²) in [7, 11) is 4.96. The molecule has 1 heterocycles. The molecule has 0 N–H and O–H groups in total. The van der Waals surface area contributed by atoms with Gasteiger partial charge in [0.1, 0.15) is 11.5 Å². The number of ether oxygens (including phenoxy) is 2. The third-order valence-corrected chi connectivity index (χ3v) is 5.97. The van der Waals surface area contributed by atoms with E-state index < -0.39 is 0 Å². The highest BCUT2D eigenvalue weighted by atomic mass is 79.9. The summed E-state index contributed by atoms with van der Waals surface area (Å²) in [6, 6.07) is 13.1. The van der Waals surface area contributed by atoms with Crippen molar-refractivity contribution in [2.45, 2.75) is 19.4 Å². The number of benzene rings is 2. The first-order valence-electron chi connectivity index (χ1n) is 9.93. The van der Waals surface area contributed by atoms with Gasteiger partial charge < -0.3 is 19.3 Å². The van der Waals surface area contributed by atoms with Crippen molar-refractivity contribution in [2.24, 2.45) is 5.92 Å². The number of hydrogen-bond acceptors (Lipinski definition) is 4. The predicted molar refractivity (Wildman–Crippen MR) is 119 cm³/mol. The summed E-state index contributed by atoms with van der Waals surface area (Å²) in [5.74, 6) is 1.17. The maximum atomic E-state index is 12.9. The van der Waals surface area contributed by atoms with Crippen molar-refractivity contribution in [1.29, 1.82) is 0 Å². The van der Waals surface area contributed by atoms with E-state index in [4.69, 9.17) is 9.47 Å². The molecule has 1 fully saturated rings. The molecule has 2 aromatic carbocycles. The van der Waals surface area contributed by atoms with E-state index in [0.29, 0.717) is 49.5 Å². The largest absolute Gasteiger partial charge is 0.497 e. The second-order valence-electron chi connectivity index (χ2n) is 7.49. The molecule has 0 aromatic heterocycles. The number of carbonyl (C=O) groups is 2. The molecular weight excluding hydrogens is 448 g/mol. The van der Waals surface area contributed by atoms with Crippen molar-refractivity contribution in [3.63, 3.8) is 0 Å². The number of halogens is 1. The zero-order valence-corrected chi connectivity index (χ0v) is 19.1. The molecule has 160 valence electrons. The third-order valence-electron chi connectivity index (χ3n) is 5.44. The molecule has 7 heteroatoms. The van der Waals surface area contributed by atoms with Gasteiger partial charge in [0.05, 0.1) is 14.2 Å². The van der Waals surface area contributed by atoms with Crippen molar-refractivity contribution in [3.05, 3.63) is 58.1 Å². The molecule has 0 atom stereocenters. The monoisotopic (exact) mass is 474 g/mol. The maximum Gasteiger partial charge on any atom is 0.254 e. The van der Waals surface area contributed by atoms with Gasteiger partial charge in [-0.3, -0.25) is 9.59 Å². The van der Waals surface area contributed by atoms with Gasteiger partial charge in [0.2, 0.25) is 5.91 Å². The minimum Gasteiger partial charge on any atom is -0.497 e. The van der Waals surface area contributed by atoms with Crippen molar-refractivity contribution >= 4 is 27.7 Å². The summed E-state index contributed by atoms with van der Waals surface area (Å²) in [5.41, 5.74) is 1.62. The highest BCUT2D eigenvalue weighted by molar-refractivity contribution is 9.10. The Balaban J connectivity index is 1.58. The van der Waals surface area contributed by atoms with E-state index in [-0.39, 0.29) is 17.7 Å². The van der Waals surface area contributed by atoms with Crippen LogP contribution in [0.15, 0.2) is 46.9 Å². The standard InChI is InChI=1S/C23H27BrN2O4/c1-25(15-16-4-6-19(24)7-5-16)22(27)17-8-10-26(11-9-17)23(28)18-12-20(29-2)14-21(13-18)30-3/h4-7,12-14,17H,8-11,15H2,1-3H3. The van der Waals surface area contributed by atoms with Crippen molar-refractivity contribution in [2.75, 3.05) is 34.4 Å². The molecule has 6 nitrogen and oxygen atoms in total. The molecule has 1 aliphatic rings. The first-order valence-corrected chi connectivity index (χ1v) is 10.7. The Hall–Kier alpha value is -2.54. The van der Waals surface area contributed by atoms with Gasteiger partial charge in [0.15, 0.2) is 0 Å². The van der Waals surface area contributed by atoms with E-state index in [1.807, 2.05) is 31.3 Å².